The molecule has 0 spiro atoms. The first kappa shape index (κ1) is 12.8. The fourth-order valence-corrected chi connectivity index (χ4v) is 2.22. The van der Waals surface area contributed by atoms with Gasteiger partial charge in [0.15, 0.2) is 0 Å². The predicted molar refractivity (Wildman–Crippen MR) is 68.6 cm³/mol. The molecule has 0 radical (unpaired) electrons. The number of aliphatic hydroxyl groups is 1. The van der Waals surface area contributed by atoms with Crippen LogP contribution in [0.2, 0.25) is 0 Å². The van der Waals surface area contributed by atoms with Crippen molar-refractivity contribution in [3.8, 4) is 0 Å². The lowest BCUT2D eigenvalue weighted by Gasteiger charge is -2.27. The van der Waals surface area contributed by atoms with Gasteiger partial charge in [-0.15, -0.1) is 0 Å². The number of nitrogens with one attached hydrogen (secondary N) is 1. The van der Waals surface area contributed by atoms with E-state index in [9.17, 15) is 9.90 Å². The molecule has 98 valence electrons. The molecule has 5 nitrogen and oxygen atoms in total. The first-order valence-electron chi connectivity index (χ1n) is 6.31. The number of hydrogen-bond donors (Lipinski definition) is 2. The molecule has 2 N–H and O–H groups in total. The summed E-state index contributed by atoms with van der Waals surface area (Å²) in [5, 5.41) is 16.6. The fraction of sp³-hybridized carbons (Fsp3) is 0.538. The summed E-state index contributed by atoms with van der Waals surface area (Å²) in [4.78, 5) is 11.7. The van der Waals surface area contributed by atoms with Crippen LogP contribution in [0.15, 0.2) is 18.3 Å². The van der Waals surface area contributed by atoms with Crippen molar-refractivity contribution in [2.75, 3.05) is 0 Å². The Balaban J connectivity index is 1.88. The number of carbonyl (C=O) groups excluding carboxylic acids is 1. The molecule has 1 amide bonds. The zero-order valence-electron chi connectivity index (χ0n) is 10.5. The number of aliphatic hydroxyl groups excluding tert-OH is 1. The van der Waals surface area contributed by atoms with E-state index >= 15 is 0 Å². The van der Waals surface area contributed by atoms with Gasteiger partial charge < -0.3 is 10.4 Å². The lowest BCUT2D eigenvalue weighted by Crippen LogP contribution is -2.44. The van der Waals surface area contributed by atoms with E-state index in [1.165, 1.54) is 6.08 Å². The molecule has 1 aromatic rings. The molecular formula is C13H19N3O2. The summed E-state index contributed by atoms with van der Waals surface area (Å²) in [5.41, 5.74) is 0.870. The fourth-order valence-electron chi connectivity index (χ4n) is 2.22. The predicted octanol–water partition coefficient (Wildman–Crippen LogP) is 0.853. The Labute approximate surface area is 106 Å². The molecule has 1 heterocycles. The topological polar surface area (TPSA) is 67.2 Å². The maximum Gasteiger partial charge on any atom is 0.244 e. The molecule has 1 aliphatic carbocycles. The van der Waals surface area contributed by atoms with Gasteiger partial charge in [0.1, 0.15) is 0 Å². The number of hydrogen-bond acceptors (Lipinski definition) is 3. The van der Waals surface area contributed by atoms with E-state index in [2.05, 4.69) is 10.4 Å². The highest BCUT2D eigenvalue weighted by Crippen LogP contribution is 2.18. The average molecular weight is 249 g/mol. The quantitative estimate of drug-likeness (QED) is 0.781. The highest BCUT2D eigenvalue weighted by Gasteiger charge is 2.23. The summed E-state index contributed by atoms with van der Waals surface area (Å²) >= 11 is 0. The summed E-state index contributed by atoms with van der Waals surface area (Å²) < 4.78 is 1.69. The lowest BCUT2D eigenvalue weighted by atomic mass is 9.92. The Kier molecular flexibility index (Phi) is 4.15. The Hall–Kier alpha value is -1.62. The Morgan fingerprint density at radius 2 is 2.33 bits per heavy atom. The van der Waals surface area contributed by atoms with Crippen molar-refractivity contribution >= 4 is 12.0 Å². The molecule has 1 saturated carbocycles. The van der Waals surface area contributed by atoms with Crippen molar-refractivity contribution in [2.45, 2.75) is 37.8 Å². The zero-order chi connectivity index (χ0) is 13.0. The number of carbonyl (C=O) groups is 1. The smallest absolute Gasteiger partial charge is 0.244 e. The molecule has 1 aliphatic rings. The summed E-state index contributed by atoms with van der Waals surface area (Å²) in [6.07, 6.45) is 8.21. The van der Waals surface area contributed by atoms with Crippen LogP contribution in [0, 0.1) is 0 Å². The van der Waals surface area contributed by atoms with E-state index < -0.39 is 6.10 Å². The van der Waals surface area contributed by atoms with Crippen LogP contribution in [0.3, 0.4) is 0 Å². The highest BCUT2D eigenvalue weighted by molar-refractivity contribution is 5.91. The van der Waals surface area contributed by atoms with Gasteiger partial charge in [0, 0.05) is 19.3 Å². The molecule has 2 atom stereocenters. The van der Waals surface area contributed by atoms with Crippen LogP contribution in [0.1, 0.15) is 31.4 Å². The molecule has 1 aromatic heterocycles. The highest BCUT2D eigenvalue weighted by atomic mass is 16.3. The normalized spacial score (nSPS) is 24.3. The Morgan fingerprint density at radius 1 is 1.56 bits per heavy atom. The first-order chi connectivity index (χ1) is 8.66. The Morgan fingerprint density at radius 3 is 3.00 bits per heavy atom. The summed E-state index contributed by atoms with van der Waals surface area (Å²) in [6, 6.07) is 1.72. The number of aryl methyl sites for hydroxylation is 1. The van der Waals surface area contributed by atoms with Crippen LogP contribution in [0.5, 0.6) is 0 Å². The third-order valence-electron chi connectivity index (χ3n) is 3.32. The summed E-state index contributed by atoms with van der Waals surface area (Å²) in [6.45, 7) is 0. The van der Waals surface area contributed by atoms with Crippen LogP contribution in [-0.4, -0.2) is 32.9 Å². The molecule has 18 heavy (non-hydrogen) atoms. The van der Waals surface area contributed by atoms with Crippen molar-refractivity contribution in [1.29, 1.82) is 0 Å². The van der Waals surface area contributed by atoms with Gasteiger partial charge in [-0.2, -0.15) is 5.10 Å². The van der Waals surface area contributed by atoms with E-state index in [4.69, 9.17) is 0 Å². The average Bonchev–Trinajstić information content (AvgIpc) is 2.75. The van der Waals surface area contributed by atoms with Gasteiger partial charge in [-0.3, -0.25) is 9.48 Å². The van der Waals surface area contributed by atoms with E-state index in [1.807, 2.05) is 13.1 Å². The molecule has 0 aliphatic heterocycles. The van der Waals surface area contributed by atoms with Gasteiger partial charge in [-0.1, -0.05) is 12.8 Å². The minimum atomic E-state index is -0.409. The summed E-state index contributed by atoms with van der Waals surface area (Å²) in [7, 11) is 1.82. The van der Waals surface area contributed by atoms with Crippen molar-refractivity contribution in [1.82, 2.24) is 15.1 Å². The van der Waals surface area contributed by atoms with Crippen LogP contribution in [-0.2, 0) is 11.8 Å². The molecule has 0 bridgehead atoms. The van der Waals surface area contributed by atoms with Gasteiger partial charge in [-0.25, -0.2) is 0 Å². The van der Waals surface area contributed by atoms with E-state index in [1.54, 1.807) is 17.0 Å². The van der Waals surface area contributed by atoms with Crippen molar-refractivity contribution in [3.05, 3.63) is 24.0 Å². The van der Waals surface area contributed by atoms with E-state index in [0.29, 0.717) is 0 Å². The molecule has 0 unspecified atom stereocenters. The van der Waals surface area contributed by atoms with Crippen LogP contribution >= 0.6 is 0 Å². The molecule has 1 fully saturated rings. The molecule has 0 aromatic carbocycles. The van der Waals surface area contributed by atoms with Gasteiger partial charge in [0.2, 0.25) is 5.91 Å². The number of aromatic nitrogens is 2. The van der Waals surface area contributed by atoms with Crippen LogP contribution in [0.4, 0.5) is 0 Å². The number of amides is 1. The molecule has 2 rings (SSSR count). The van der Waals surface area contributed by atoms with E-state index in [-0.39, 0.29) is 11.9 Å². The van der Waals surface area contributed by atoms with Gasteiger partial charge in [-0.05, 0) is 25.0 Å². The maximum absolute atomic E-state index is 11.7. The number of nitrogens with zero attached hydrogens (tertiary/aromatic N) is 2. The second-order valence-corrected chi connectivity index (χ2v) is 4.68. The van der Waals surface area contributed by atoms with Gasteiger partial charge >= 0.3 is 0 Å². The third kappa shape index (κ3) is 3.20. The zero-order valence-corrected chi connectivity index (χ0v) is 10.5. The van der Waals surface area contributed by atoms with Crippen molar-refractivity contribution in [3.63, 3.8) is 0 Å². The number of rotatable bonds is 3. The van der Waals surface area contributed by atoms with E-state index in [0.717, 1.165) is 31.4 Å². The monoisotopic (exact) mass is 249 g/mol. The molecule has 0 saturated heterocycles. The standard InChI is InChI=1S/C13H19N3O2/c1-16-10(8-9-14-16)6-7-13(18)15-11-4-2-3-5-12(11)17/h6-9,11-12,17H,2-5H2,1H3,(H,15,18)/b7-6+/t11-,12-/m1/s1. The van der Waals surface area contributed by atoms with Crippen LogP contribution < -0.4 is 5.32 Å². The minimum Gasteiger partial charge on any atom is -0.391 e. The molecular weight excluding hydrogens is 230 g/mol. The van der Waals surface area contributed by atoms with Crippen molar-refractivity contribution < 1.29 is 9.90 Å². The second-order valence-electron chi connectivity index (χ2n) is 4.68. The van der Waals surface area contributed by atoms with Gasteiger partial charge in [0.25, 0.3) is 0 Å². The SMILES string of the molecule is Cn1nccc1/C=C/C(=O)N[C@@H]1CCCC[C@H]1O. The minimum absolute atomic E-state index is 0.109. The first-order valence-corrected chi connectivity index (χ1v) is 6.31. The van der Waals surface area contributed by atoms with Gasteiger partial charge in [0.05, 0.1) is 17.8 Å². The van der Waals surface area contributed by atoms with Crippen molar-refractivity contribution in [2.24, 2.45) is 7.05 Å². The third-order valence-corrected chi connectivity index (χ3v) is 3.32. The maximum atomic E-state index is 11.7. The largest absolute Gasteiger partial charge is 0.391 e. The molecule has 5 heteroatoms. The summed E-state index contributed by atoms with van der Waals surface area (Å²) in [5.74, 6) is -0.165. The second kappa shape index (κ2) is 5.82. The van der Waals surface area contributed by atoms with Crippen LogP contribution in [0.25, 0.3) is 6.08 Å². The Bertz CT molecular complexity index is 439. The lowest BCUT2D eigenvalue weighted by molar-refractivity contribution is -0.118.